The lowest BCUT2D eigenvalue weighted by atomic mass is 10.0. The first kappa shape index (κ1) is 21.4. The van der Waals surface area contributed by atoms with Crippen LogP contribution in [0.25, 0.3) is 5.57 Å². The van der Waals surface area contributed by atoms with Gasteiger partial charge in [0, 0.05) is 25.2 Å². The highest BCUT2D eigenvalue weighted by Crippen LogP contribution is 2.37. The van der Waals surface area contributed by atoms with Crippen LogP contribution in [0.15, 0.2) is 30.0 Å². The predicted octanol–water partition coefficient (Wildman–Crippen LogP) is 3.46. The first-order chi connectivity index (χ1) is 14.0. The van der Waals surface area contributed by atoms with Crippen LogP contribution in [0, 0.1) is 0 Å². The summed E-state index contributed by atoms with van der Waals surface area (Å²) in [6.45, 7) is 7.76. The van der Waals surface area contributed by atoms with Gasteiger partial charge >= 0.3 is 0 Å². The minimum absolute atomic E-state index is 0.00771. The molecule has 29 heavy (non-hydrogen) atoms. The average molecular weight is 401 g/mol. The van der Waals surface area contributed by atoms with Crippen LogP contribution in [0.2, 0.25) is 0 Å². The van der Waals surface area contributed by atoms with Crippen LogP contribution in [0.4, 0.5) is 0 Å². The maximum Gasteiger partial charge on any atom is 0.277 e. The lowest BCUT2D eigenvalue weighted by Crippen LogP contribution is -2.47. The van der Waals surface area contributed by atoms with E-state index in [0.29, 0.717) is 42.2 Å². The monoisotopic (exact) mass is 400 g/mol. The predicted molar refractivity (Wildman–Crippen MR) is 112 cm³/mol. The number of methoxy groups -OCH3 is 1. The van der Waals surface area contributed by atoms with Crippen molar-refractivity contribution in [3.63, 3.8) is 0 Å². The highest BCUT2D eigenvalue weighted by molar-refractivity contribution is 6.36. The molecule has 0 bridgehead atoms. The Morgan fingerprint density at radius 3 is 2.38 bits per heavy atom. The summed E-state index contributed by atoms with van der Waals surface area (Å²) in [5.41, 5.74) is 1.60. The number of rotatable bonds is 8. The Morgan fingerprint density at radius 1 is 1.03 bits per heavy atom. The highest BCUT2D eigenvalue weighted by Gasteiger charge is 2.43. The van der Waals surface area contributed by atoms with Crippen LogP contribution >= 0.6 is 0 Å². The van der Waals surface area contributed by atoms with E-state index in [9.17, 15) is 9.59 Å². The number of imide groups is 1. The van der Waals surface area contributed by atoms with E-state index in [0.717, 1.165) is 25.7 Å². The van der Waals surface area contributed by atoms with Gasteiger partial charge in [0.2, 0.25) is 0 Å². The normalized spacial score (nSPS) is 22.6. The number of ether oxygens (including phenoxy) is 2. The molecule has 3 rings (SSSR count). The zero-order valence-electron chi connectivity index (χ0n) is 17.9. The van der Waals surface area contributed by atoms with E-state index >= 15 is 0 Å². The molecule has 1 fully saturated rings. The third-order valence-electron chi connectivity index (χ3n) is 5.49. The van der Waals surface area contributed by atoms with Crippen molar-refractivity contribution in [1.29, 1.82) is 0 Å². The average Bonchev–Trinajstić information content (AvgIpc) is 2.94. The number of carbonyl (C=O) groups excluding carboxylic acids is 2. The molecule has 0 radical (unpaired) electrons. The van der Waals surface area contributed by atoms with Crippen molar-refractivity contribution in [3.8, 4) is 5.75 Å². The number of nitrogens with zero attached hydrogens (tertiary/aromatic N) is 2. The summed E-state index contributed by atoms with van der Waals surface area (Å²) < 4.78 is 11.4. The van der Waals surface area contributed by atoms with Gasteiger partial charge in [0.1, 0.15) is 11.4 Å². The van der Waals surface area contributed by atoms with Crippen molar-refractivity contribution in [2.24, 2.45) is 0 Å². The van der Waals surface area contributed by atoms with Gasteiger partial charge in [-0.25, -0.2) is 0 Å². The molecule has 1 aromatic rings. The fraction of sp³-hybridized carbons (Fsp3) is 0.565. The topological polar surface area (TPSA) is 59.1 Å². The van der Waals surface area contributed by atoms with Gasteiger partial charge in [0.25, 0.3) is 11.8 Å². The van der Waals surface area contributed by atoms with Gasteiger partial charge in [-0.3, -0.25) is 14.5 Å². The third kappa shape index (κ3) is 4.47. The van der Waals surface area contributed by atoms with E-state index in [1.165, 1.54) is 4.90 Å². The van der Waals surface area contributed by atoms with Crippen LogP contribution in [0.5, 0.6) is 5.75 Å². The standard InChI is InChI=1S/C23H32N2O4/c1-5-6-7-10-13-25-22(26)20(18-11-8-9-12-19(18)28-4)21(23(25)27)24-14-16(2)29-17(3)15-24/h8-9,11-12,16-17H,5-7,10,13-15H2,1-4H3. The smallest absolute Gasteiger partial charge is 0.277 e. The second kappa shape index (κ2) is 9.44. The van der Waals surface area contributed by atoms with E-state index in [-0.39, 0.29) is 24.0 Å². The second-order valence-electron chi connectivity index (χ2n) is 7.91. The quantitative estimate of drug-likeness (QED) is 0.494. The number of unbranched alkanes of at least 4 members (excludes halogenated alkanes) is 3. The number of morpholine rings is 1. The molecule has 2 amide bonds. The molecular formula is C23H32N2O4. The highest BCUT2D eigenvalue weighted by atomic mass is 16.5. The number of benzene rings is 1. The molecule has 2 atom stereocenters. The van der Waals surface area contributed by atoms with E-state index in [1.807, 2.05) is 43.0 Å². The minimum Gasteiger partial charge on any atom is -0.496 e. The molecule has 2 aliphatic heterocycles. The molecule has 2 unspecified atom stereocenters. The number of hydrogen-bond acceptors (Lipinski definition) is 5. The van der Waals surface area contributed by atoms with Crippen molar-refractivity contribution < 1.29 is 19.1 Å². The van der Waals surface area contributed by atoms with E-state index in [1.54, 1.807) is 7.11 Å². The number of hydrogen-bond donors (Lipinski definition) is 0. The molecule has 2 heterocycles. The van der Waals surface area contributed by atoms with Crippen LogP contribution in [0.3, 0.4) is 0 Å². The maximum atomic E-state index is 13.4. The van der Waals surface area contributed by atoms with Gasteiger partial charge in [-0.05, 0) is 26.3 Å². The van der Waals surface area contributed by atoms with Gasteiger partial charge < -0.3 is 14.4 Å². The summed E-state index contributed by atoms with van der Waals surface area (Å²) in [6.07, 6.45) is 4.04. The summed E-state index contributed by atoms with van der Waals surface area (Å²) in [5.74, 6) is 0.176. The molecule has 0 N–H and O–H groups in total. The lowest BCUT2D eigenvalue weighted by molar-refractivity contribution is -0.138. The number of carbonyl (C=O) groups is 2. The molecule has 2 aliphatic rings. The van der Waals surface area contributed by atoms with Crippen molar-refractivity contribution in [2.45, 2.75) is 58.7 Å². The van der Waals surface area contributed by atoms with Crippen LogP contribution in [0.1, 0.15) is 52.0 Å². The zero-order valence-corrected chi connectivity index (χ0v) is 17.9. The second-order valence-corrected chi connectivity index (χ2v) is 7.91. The number of para-hydroxylation sites is 1. The molecule has 6 nitrogen and oxygen atoms in total. The summed E-state index contributed by atoms with van der Waals surface area (Å²) in [4.78, 5) is 30.2. The molecule has 1 saturated heterocycles. The Bertz CT molecular complexity index is 779. The van der Waals surface area contributed by atoms with E-state index in [2.05, 4.69) is 6.92 Å². The summed E-state index contributed by atoms with van der Waals surface area (Å²) in [6, 6.07) is 7.42. The van der Waals surface area contributed by atoms with Gasteiger partial charge in [-0.2, -0.15) is 0 Å². The van der Waals surface area contributed by atoms with Gasteiger partial charge in [-0.15, -0.1) is 0 Å². The number of amides is 2. The first-order valence-electron chi connectivity index (χ1n) is 10.6. The summed E-state index contributed by atoms with van der Waals surface area (Å²) in [5, 5.41) is 0. The minimum atomic E-state index is -0.224. The lowest BCUT2D eigenvalue weighted by Gasteiger charge is -2.37. The molecule has 1 aromatic carbocycles. The van der Waals surface area contributed by atoms with Gasteiger partial charge in [-0.1, -0.05) is 44.4 Å². The largest absolute Gasteiger partial charge is 0.496 e. The summed E-state index contributed by atoms with van der Waals surface area (Å²) >= 11 is 0. The van der Waals surface area contributed by atoms with E-state index in [4.69, 9.17) is 9.47 Å². The van der Waals surface area contributed by atoms with Crippen LogP contribution in [-0.4, -0.2) is 60.6 Å². The molecule has 0 aliphatic carbocycles. The zero-order chi connectivity index (χ0) is 21.0. The van der Waals surface area contributed by atoms with Crippen molar-refractivity contribution in [2.75, 3.05) is 26.7 Å². The molecule has 158 valence electrons. The molecule has 0 aromatic heterocycles. The Balaban J connectivity index is 2.00. The van der Waals surface area contributed by atoms with E-state index < -0.39 is 0 Å². The Hall–Kier alpha value is -2.34. The van der Waals surface area contributed by atoms with Crippen molar-refractivity contribution >= 4 is 17.4 Å². The van der Waals surface area contributed by atoms with Crippen LogP contribution in [-0.2, 0) is 14.3 Å². The van der Waals surface area contributed by atoms with Gasteiger partial charge in [0.05, 0.1) is 24.9 Å². The molecule has 6 heteroatoms. The Kier molecular flexibility index (Phi) is 6.96. The fourth-order valence-corrected chi connectivity index (χ4v) is 4.21. The fourth-order valence-electron chi connectivity index (χ4n) is 4.21. The van der Waals surface area contributed by atoms with Crippen molar-refractivity contribution in [3.05, 3.63) is 35.5 Å². The summed E-state index contributed by atoms with van der Waals surface area (Å²) in [7, 11) is 1.59. The Labute approximate surface area is 173 Å². The SMILES string of the molecule is CCCCCCN1C(=O)C(c2ccccc2OC)=C(N2CC(C)OC(C)C2)C1=O. The third-order valence-corrected chi connectivity index (χ3v) is 5.49. The van der Waals surface area contributed by atoms with Gasteiger partial charge in [0.15, 0.2) is 0 Å². The van der Waals surface area contributed by atoms with Crippen LogP contribution < -0.4 is 4.74 Å². The molecule has 0 spiro atoms. The first-order valence-corrected chi connectivity index (χ1v) is 10.6. The Morgan fingerprint density at radius 2 is 1.72 bits per heavy atom. The molecule has 0 saturated carbocycles. The van der Waals surface area contributed by atoms with Crippen molar-refractivity contribution in [1.82, 2.24) is 9.80 Å². The maximum absolute atomic E-state index is 13.4. The molecular weight excluding hydrogens is 368 g/mol.